The maximum atomic E-state index is 11.0. The summed E-state index contributed by atoms with van der Waals surface area (Å²) in [5.74, 6) is -0.869. The highest BCUT2D eigenvalue weighted by atomic mass is 16.4. The first kappa shape index (κ1) is 12.7. The molecule has 0 aromatic heterocycles. The number of carboxylic acids is 1. The van der Waals surface area contributed by atoms with Crippen LogP contribution in [0.5, 0.6) is 0 Å². The van der Waals surface area contributed by atoms with Gasteiger partial charge < -0.3 is 10.4 Å². The fourth-order valence-electron chi connectivity index (χ4n) is 1.34. The highest BCUT2D eigenvalue weighted by Crippen LogP contribution is 2.12. The van der Waals surface area contributed by atoms with Crippen molar-refractivity contribution in [3.63, 3.8) is 0 Å². The lowest BCUT2D eigenvalue weighted by Crippen LogP contribution is -2.38. The SMILES string of the molecule is CCC(C)(C)NCc1ccccc1C(=O)O. The lowest BCUT2D eigenvalue weighted by Gasteiger charge is -2.25. The molecular weight excluding hydrogens is 202 g/mol. The van der Waals surface area contributed by atoms with Crippen LogP contribution in [0.25, 0.3) is 0 Å². The van der Waals surface area contributed by atoms with E-state index < -0.39 is 5.97 Å². The molecule has 3 nitrogen and oxygen atoms in total. The van der Waals surface area contributed by atoms with Gasteiger partial charge in [-0.05, 0) is 31.9 Å². The van der Waals surface area contributed by atoms with Gasteiger partial charge in [-0.1, -0.05) is 25.1 Å². The van der Waals surface area contributed by atoms with Crippen LogP contribution in [-0.4, -0.2) is 16.6 Å². The van der Waals surface area contributed by atoms with E-state index in [4.69, 9.17) is 5.11 Å². The highest BCUT2D eigenvalue weighted by Gasteiger charge is 2.15. The third-order valence-corrected chi connectivity index (χ3v) is 2.89. The van der Waals surface area contributed by atoms with Crippen LogP contribution >= 0.6 is 0 Å². The summed E-state index contributed by atoms with van der Waals surface area (Å²) >= 11 is 0. The van der Waals surface area contributed by atoms with Crippen LogP contribution in [0.3, 0.4) is 0 Å². The predicted octanol–water partition coefficient (Wildman–Crippen LogP) is 2.66. The van der Waals surface area contributed by atoms with Crippen molar-refractivity contribution in [2.24, 2.45) is 0 Å². The molecule has 16 heavy (non-hydrogen) atoms. The number of aromatic carboxylic acids is 1. The van der Waals surface area contributed by atoms with Crippen molar-refractivity contribution in [1.82, 2.24) is 5.32 Å². The van der Waals surface area contributed by atoms with Crippen LogP contribution in [0.2, 0.25) is 0 Å². The molecule has 1 aromatic rings. The summed E-state index contributed by atoms with van der Waals surface area (Å²) in [4.78, 5) is 11.0. The second-order valence-corrected chi connectivity index (χ2v) is 4.55. The minimum Gasteiger partial charge on any atom is -0.478 e. The minimum absolute atomic E-state index is 0.0333. The lowest BCUT2D eigenvalue weighted by molar-refractivity contribution is 0.0695. The number of nitrogens with one attached hydrogen (secondary N) is 1. The fourth-order valence-corrected chi connectivity index (χ4v) is 1.34. The average molecular weight is 221 g/mol. The Labute approximate surface area is 96.5 Å². The molecule has 0 atom stereocenters. The van der Waals surface area contributed by atoms with E-state index in [-0.39, 0.29) is 5.54 Å². The van der Waals surface area contributed by atoms with Gasteiger partial charge in [-0.15, -0.1) is 0 Å². The van der Waals surface area contributed by atoms with Crippen LogP contribution in [0.1, 0.15) is 43.1 Å². The number of rotatable bonds is 5. The summed E-state index contributed by atoms with van der Waals surface area (Å²) in [6.45, 7) is 6.91. The second kappa shape index (κ2) is 5.12. The van der Waals surface area contributed by atoms with Crippen molar-refractivity contribution >= 4 is 5.97 Å². The second-order valence-electron chi connectivity index (χ2n) is 4.55. The van der Waals surface area contributed by atoms with E-state index >= 15 is 0 Å². The smallest absolute Gasteiger partial charge is 0.336 e. The van der Waals surface area contributed by atoms with Crippen LogP contribution in [0.15, 0.2) is 24.3 Å². The third-order valence-electron chi connectivity index (χ3n) is 2.89. The molecule has 0 heterocycles. The zero-order valence-corrected chi connectivity index (χ0v) is 10.1. The minimum atomic E-state index is -0.869. The Hall–Kier alpha value is -1.35. The van der Waals surface area contributed by atoms with Crippen molar-refractivity contribution < 1.29 is 9.90 Å². The lowest BCUT2D eigenvalue weighted by atomic mass is 10.0. The molecule has 2 N–H and O–H groups in total. The number of hydrogen-bond acceptors (Lipinski definition) is 2. The molecule has 1 rings (SSSR count). The number of carbonyl (C=O) groups is 1. The molecule has 0 aliphatic heterocycles. The van der Waals surface area contributed by atoms with E-state index in [1.54, 1.807) is 12.1 Å². The summed E-state index contributed by atoms with van der Waals surface area (Å²) in [5.41, 5.74) is 1.24. The maximum absolute atomic E-state index is 11.0. The Morgan fingerprint density at radius 2 is 2.00 bits per heavy atom. The molecule has 3 heteroatoms. The quantitative estimate of drug-likeness (QED) is 0.803. The molecule has 0 bridgehead atoms. The molecule has 0 saturated heterocycles. The van der Waals surface area contributed by atoms with Crippen LogP contribution < -0.4 is 5.32 Å². The van der Waals surface area contributed by atoms with Crippen LogP contribution in [0.4, 0.5) is 0 Å². The Kier molecular flexibility index (Phi) is 4.07. The maximum Gasteiger partial charge on any atom is 0.336 e. The van der Waals surface area contributed by atoms with Gasteiger partial charge in [-0.2, -0.15) is 0 Å². The summed E-state index contributed by atoms with van der Waals surface area (Å²) < 4.78 is 0. The number of carboxylic acid groups (broad SMARTS) is 1. The van der Waals surface area contributed by atoms with Gasteiger partial charge in [-0.3, -0.25) is 0 Å². The third kappa shape index (κ3) is 3.35. The predicted molar refractivity (Wildman–Crippen MR) is 64.6 cm³/mol. The topological polar surface area (TPSA) is 49.3 Å². The van der Waals surface area contributed by atoms with Crippen molar-refractivity contribution in [2.75, 3.05) is 0 Å². The van der Waals surface area contributed by atoms with Crippen LogP contribution in [0, 0.1) is 0 Å². The number of benzene rings is 1. The molecule has 0 saturated carbocycles. The summed E-state index contributed by atoms with van der Waals surface area (Å²) in [6, 6.07) is 7.10. The van der Waals surface area contributed by atoms with E-state index in [0.717, 1.165) is 12.0 Å². The van der Waals surface area contributed by atoms with E-state index in [9.17, 15) is 4.79 Å². The van der Waals surface area contributed by atoms with Crippen molar-refractivity contribution in [3.8, 4) is 0 Å². The Morgan fingerprint density at radius 3 is 2.56 bits per heavy atom. The molecule has 0 fully saturated rings. The van der Waals surface area contributed by atoms with Gasteiger partial charge in [0.2, 0.25) is 0 Å². The van der Waals surface area contributed by atoms with Crippen molar-refractivity contribution in [3.05, 3.63) is 35.4 Å². The van der Waals surface area contributed by atoms with Crippen molar-refractivity contribution in [1.29, 1.82) is 0 Å². The first-order chi connectivity index (χ1) is 7.46. The normalized spacial score (nSPS) is 11.4. The molecule has 0 aliphatic rings. The first-order valence-corrected chi connectivity index (χ1v) is 5.52. The molecule has 0 aliphatic carbocycles. The summed E-state index contributed by atoms with van der Waals surface area (Å²) in [6.07, 6.45) is 1.00. The van der Waals surface area contributed by atoms with E-state index in [0.29, 0.717) is 12.1 Å². The number of hydrogen-bond donors (Lipinski definition) is 2. The van der Waals surface area contributed by atoms with E-state index in [1.165, 1.54) is 0 Å². The molecular formula is C13H19NO2. The molecule has 1 aromatic carbocycles. The molecule has 88 valence electrons. The summed E-state index contributed by atoms with van der Waals surface area (Å²) in [5, 5.41) is 12.4. The van der Waals surface area contributed by atoms with Gasteiger partial charge in [0.25, 0.3) is 0 Å². The van der Waals surface area contributed by atoms with Crippen molar-refractivity contribution in [2.45, 2.75) is 39.3 Å². The van der Waals surface area contributed by atoms with Gasteiger partial charge in [-0.25, -0.2) is 4.79 Å². The highest BCUT2D eigenvalue weighted by molar-refractivity contribution is 5.89. The first-order valence-electron chi connectivity index (χ1n) is 5.52. The zero-order valence-electron chi connectivity index (χ0n) is 10.1. The van der Waals surface area contributed by atoms with Gasteiger partial charge in [0.15, 0.2) is 0 Å². The Bertz CT molecular complexity index is 372. The Morgan fingerprint density at radius 1 is 1.38 bits per heavy atom. The molecule has 0 amide bonds. The largest absolute Gasteiger partial charge is 0.478 e. The molecule has 0 radical (unpaired) electrons. The monoisotopic (exact) mass is 221 g/mol. The van der Waals surface area contributed by atoms with Gasteiger partial charge in [0, 0.05) is 12.1 Å². The summed E-state index contributed by atoms with van der Waals surface area (Å²) in [7, 11) is 0. The van der Waals surface area contributed by atoms with Gasteiger partial charge in [0.1, 0.15) is 0 Å². The molecule has 0 unspecified atom stereocenters. The fraction of sp³-hybridized carbons (Fsp3) is 0.462. The van der Waals surface area contributed by atoms with E-state index in [2.05, 4.69) is 26.1 Å². The van der Waals surface area contributed by atoms with Gasteiger partial charge >= 0.3 is 5.97 Å². The van der Waals surface area contributed by atoms with E-state index in [1.807, 2.05) is 12.1 Å². The Balaban J connectivity index is 2.78. The zero-order chi connectivity index (χ0) is 12.2. The van der Waals surface area contributed by atoms with Gasteiger partial charge in [0.05, 0.1) is 5.56 Å². The standard InChI is InChI=1S/C13H19NO2/c1-4-13(2,3)14-9-10-7-5-6-8-11(10)12(15)16/h5-8,14H,4,9H2,1-3H3,(H,15,16). The van der Waals surface area contributed by atoms with Crippen LogP contribution in [-0.2, 0) is 6.54 Å². The average Bonchev–Trinajstić information content (AvgIpc) is 2.27. The molecule has 0 spiro atoms.